The fraction of sp³-hybridized carbons (Fsp3) is 0.462. The van der Waals surface area contributed by atoms with E-state index >= 15 is 0 Å². The Bertz CT molecular complexity index is 368. The van der Waals surface area contributed by atoms with E-state index in [1.807, 2.05) is 13.0 Å². The van der Waals surface area contributed by atoms with Crippen LogP contribution in [0.25, 0.3) is 0 Å². The van der Waals surface area contributed by atoms with Gasteiger partial charge >= 0.3 is 5.97 Å². The van der Waals surface area contributed by atoms with E-state index in [0.717, 1.165) is 5.56 Å². The van der Waals surface area contributed by atoms with Gasteiger partial charge in [0.2, 0.25) is 0 Å². The maximum atomic E-state index is 13.0. The summed E-state index contributed by atoms with van der Waals surface area (Å²) in [5.41, 5.74) is 0.906. The van der Waals surface area contributed by atoms with Gasteiger partial charge in [0, 0.05) is 12.5 Å². The molecule has 0 bridgehead atoms. The van der Waals surface area contributed by atoms with Gasteiger partial charge in [-0.1, -0.05) is 12.1 Å². The number of hydrogen-bond acceptors (Lipinski definition) is 3. The van der Waals surface area contributed by atoms with E-state index in [9.17, 15) is 9.18 Å². The minimum atomic E-state index is -0.231. The molecule has 0 aromatic heterocycles. The molecule has 3 nitrogen and oxygen atoms in total. The number of halogens is 1. The van der Waals surface area contributed by atoms with Gasteiger partial charge in [-0.2, -0.15) is 0 Å². The number of carbonyl (C=O) groups is 1. The SMILES string of the molecule is COC(=O)CCCN[C@H](C)c1cccc(F)c1. The third kappa shape index (κ3) is 4.95. The van der Waals surface area contributed by atoms with Crippen LogP contribution in [0.1, 0.15) is 31.4 Å². The molecule has 1 N–H and O–H groups in total. The number of benzene rings is 1. The summed E-state index contributed by atoms with van der Waals surface area (Å²) in [4.78, 5) is 10.9. The van der Waals surface area contributed by atoms with Crippen molar-refractivity contribution in [2.75, 3.05) is 13.7 Å². The van der Waals surface area contributed by atoms with Crippen LogP contribution in [0.15, 0.2) is 24.3 Å². The second-order valence-corrected chi connectivity index (χ2v) is 3.91. The molecule has 0 spiro atoms. The molecule has 1 atom stereocenters. The molecule has 0 amide bonds. The molecule has 0 radical (unpaired) electrons. The summed E-state index contributed by atoms with van der Waals surface area (Å²) < 4.78 is 17.5. The van der Waals surface area contributed by atoms with Crippen molar-refractivity contribution in [3.05, 3.63) is 35.6 Å². The lowest BCUT2D eigenvalue weighted by molar-refractivity contribution is -0.140. The Morgan fingerprint density at radius 3 is 2.94 bits per heavy atom. The van der Waals surface area contributed by atoms with Gasteiger partial charge < -0.3 is 10.1 Å². The molecule has 0 saturated carbocycles. The Kier molecular flexibility index (Phi) is 5.63. The number of hydrogen-bond donors (Lipinski definition) is 1. The molecular weight excluding hydrogens is 221 g/mol. The Morgan fingerprint density at radius 2 is 2.29 bits per heavy atom. The van der Waals surface area contributed by atoms with Crippen molar-refractivity contribution in [3.63, 3.8) is 0 Å². The van der Waals surface area contributed by atoms with Crippen LogP contribution >= 0.6 is 0 Å². The molecule has 4 heteroatoms. The lowest BCUT2D eigenvalue weighted by Crippen LogP contribution is -2.20. The van der Waals surface area contributed by atoms with E-state index in [2.05, 4.69) is 10.1 Å². The largest absolute Gasteiger partial charge is 0.469 e. The summed E-state index contributed by atoms with van der Waals surface area (Å²) in [6.45, 7) is 2.67. The highest BCUT2D eigenvalue weighted by atomic mass is 19.1. The number of esters is 1. The quantitative estimate of drug-likeness (QED) is 0.612. The summed E-state index contributed by atoms with van der Waals surface area (Å²) >= 11 is 0. The first-order valence-corrected chi connectivity index (χ1v) is 5.69. The van der Waals surface area contributed by atoms with Crippen LogP contribution in [0.3, 0.4) is 0 Å². The van der Waals surface area contributed by atoms with Gasteiger partial charge in [-0.3, -0.25) is 4.79 Å². The number of carbonyl (C=O) groups excluding carboxylic acids is 1. The summed E-state index contributed by atoms with van der Waals surface area (Å²) in [6.07, 6.45) is 1.12. The van der Waals surface area contributed by atoms with E-state index in [1.165, 1.54) is 19.2 Å². The molecule has 1 rings (SSSR count). The van der Waals surface area contributed by atoms with Crippen molar-refractivity contribution < 1.29 is 13.9 Å². The molecule has 94 valence electrons. The van der Waals surface area contributed by atoms with Crippen LogP contribution in [-0.4, -0.2) is 19.6 Å². The van der Waals surface area contributed by atoms with Gasteiger partial charge in [-0.15, -0.1) is 0 Å². The van der Waals surface area contributed by atoms with E-state index < -0.39 is 0 Å². The van der Waals surface area contributed by atoms with Gasteiger partial charge in [0.05, 0.1) is 7.11 Å². The topological polar surface area (TPSA) is 38.3 Å². The first-order chi connectivity index (χ1) is 8.13. The average molecular weight is 239 g/mol. The Balaban J connectivity index is 2.30. The molecule has 0 aliphatic rings. The van der Waals surface area contributed by atoms with Crippen LogP contribution in [-0.2, 0) is 9.53 Å². The molecule has 0 saturated heterocycles. The third-order valence-corrected chi connectivity index (χ3v) is 2.58. The molecule has 0 fully saturated rings. The number of rotatable bonds is 6. The monoisotopic (exact) mass is 239 g/mol. The predicted octanol–water partition coefficient (Wildman–Crippen LogP) is 2.43. The third-order valence-electron chi connectivity index (χ3n) is 2.58. The Hall–Kier alpha value is -1.42. The number of methoxy groups -OCH3 is 1. The second-order valence-electron chi connectivity index (χ2n) is 3.91. The van der Waals surface area contributed by atoms with E-state index in [0.29, 0.717) is 19.4 Å². The highest BCUT2D eigenvalue weighted by molar-refractivity contribution is 5.69. The van der Waals surface area contributed by atoms with Crippen LogP contribution in [0.4, 0.5) is 4.39 Å². The van der Waals surface area contributed by atoms with Gasteiger partial charge in [-0.25, -0.2) is 4.39 Å². The van der Waals surface area contributed by atoms with Crippen molar-refractivity contribution in [2.24, 2.45) is 0 Å². The van der Waals surface area contributed by atoms with Gasteiger partial charge in [0.25, 0.3) is 0 Å². The predicted molar refractivity (Wildman–Crippen MR) is 64.1 cm³/mol. The Morgan fingerprint density at radius 1 is 1.53 bits per heavy atom. The first-order valence-electron chi connectivity index (χ1n) is 5.69. The summed E-state index contributed by atoms with van der Waals surface area (Å²) in [7, 11) is 1.38. The van der Waals surface area contributed by atoms with E-state index in [-0.39, 0.29) is 17.8 Å². The number of ether oxygens (including phenoxy) is 1. The van der Waals surface area contributed by atoms with Crippen molar-refractivity contribution in [3.8, 4) is 0 Å². The van der Waals surface area contributed by atoms with Gasteiger partial charge in [-0.05, 0) is 37.6 Å². The fourth-order valence-electron chi connectivity index (χ4n) is 1.55. The van der Waals surface area contributed by atoms with E-state index in [1.54, 1.807) is 6.07 Å². The first kappa shape index (κ1) is 13.6. The lowest BCUT2D eigenvalue weighted by atomic mass is 10.1. The molecule has 0 heterocycles. The van der Waals surface area contributed by atoms with Crippen LogP contribution in [0, 0.1) is 5.82 Å². The molecule has 1 aromatic rings. The summed E-state index contributed by atoms with van der Waals surface area (Å²) in [5.74, 6) is -0.434. The highest BCUT2D eigenvalue weighted by Crippen LogP contribution is 2.13. The van der Waals surface area contributed by atoms with Crippen molar-refractivity contribution >= 4 is 5.97 Å². The normalized spacial score (nSPS) is 12.2. The van der Waals surface area contributed by atoms with Gasteiger partial charge in [0.1, 0.15) is 5.82 Å². The van der Waals surface area contributed by atoms with Crippen LogP contribution < -0.4 is 5.32 Å². The van der Waals surface area contributed by atoms with Crippen molar-refractivity contribution in [1.82, 2.24) is 5.32 Å². The minimum Gasteiger partial charge on any atom is -0.469 e. The molecular formula is C13H18FNO2. The van der Waals surface area contributed by atoms with Crippen molar-refractivity contribution in [1.29, 1.82) is 0 Å². The van der Waals surface area contributed by atoms with Crippen LogP contribution in [0.2, 0.25) is 0 Å². The van der Waals surface area contributed by atoms with E-state index in [4.69, 9.17) is 0 Å². The highest BCUT2D eigenvalue weighted by Gasteiger charge is 2.06. The molecule has 1 aromatic carbocycles. The second kappa shape index (κ2) is 7.01. The smallest absolute Gasteiger partial charge is 0.305 e. The molecule has 0 aliphatic carbocycles. The molecule has 0 aliphatic heterocycles. The minimum absolute atomic E-state index is 0.0725. The zero-order valence-corrected chi connectivity index (χ0v) is 10.2. The van der Waals surface area contributed by atoms with Crippen molar-refractivity contribution in [2.45, 2.75) is 25.8 Å². The number of nitrogens with one attached hydrogen (secondary N) is 1. The average Bonchev–Trinajstić information content (AvgIpc) is 2.34. The zero-order chi connectivity index (χ0) is 12.7. The fourth-order valence-corrected chi connectivity index (χ4v) is 1.55. The summed E-state index contributed by atoms with van der Waals surface area (Å²) in [5, 5.41) is 3.23. The zero-order valence-electron chi connectivity index (χ0n) is 10.2. The lowest BCUT2D eigenvalue weighted by Gasteiger charge is -2.13. The Labute approximate surface area is 101 Å². The van der Waals surface area contributed by atoms with Gasteiger partial charge in [0.15, 0.2) is 0 Å². The molecule has 0 unspecified atom stereocenters. The maximum Gasteiger partial charge on any atom is 0.305 e. The van der Waals surface area contributed by atoms with Crippen LogP contribution in [0.5, 0.6) is 0 Å². The molecule has 17 heavy (non-hydrogen) atoms. The summed E-state index contributed by atoms with van der Waals surface area (Å²) in [6, 6.07) is 6.58. The maximum absolute atomic E-state index is 13.0. The standard InChI is InChI=1S/C13H18FNO2/c1-10(11-5-3-6-12(14)9-11)15-8-4-7-13(16)17-2/h3,5-6,9-10,15H,4,7-8H2,1-2H3/t10-/m1/s1.